The molecule has 1 saturated heterocycles. The number of nitrogens with zero attached hydrogens (tertiary/aromatic N) is 3. The lowest BCUT2D eigenvalue weighted by atomic mass is 9.83. The average molecular weight is 362 g/mol. The van der Waals surface area contributed by atoms with Crippen molar-refractivity contribution in [2.75, 3.05) is 23.7 Å². The minimum atomic E-state index is -3.53. The number of hydrogen-bond acceptors (Lipinski definition) is 4. The summed E-state index contributed by atoms with van der Waals surface area (Å²) in [5, 5.41) is 4.32. The first-order valence-electron chi connectivity index (χ1n) is 8.27. The lowest BCUT2D eigenvalue weighted by Gasteiger charge is -2.36. The smallest absolute Gasteiger partial charge is 0.248 e. The highest BCUT2D eigenvalue weighted by atomic mass is 32.2. The molecule has 1 atom stereocenters. The third-order valence-electron chi connectivity index (χ3n) is 4.70. The Morgan fingerprint density at radius 3 is 2.71 bits per heavy atom. The van der Waals surface area contributed by atoms with Crippen molar-refractivity contribution in [1.29, 1.82) is 0 Å². The van der Waals surface area contributed by atoms with Crippen LogP contribution in [0.1, 0.15) is 31.4 Å². The van der Waals surface area contributed by atoms with Crippen molar-refractivity contribution >= 4 is 15.8 Å². The Morgan fingerprint density at radius 1 is 1.42 bits per heavy atom. The molecule has 3 rings (SSSR count). The van der Waals surface area contributed by atoms with Crippen LogP contribution in [-0.2, 0) is 17.1 Å². The van der Waals surface area contributed by atoms with Crippen molar-refractivity contribution in [2.45, 2.75) is 44.6 Å². The van der Waals surface area contributed by atoms with E-state index < -0.39 is 21.9 Å². The molecule has 9 heteroatoms. The molecule has 0 amide bonds. The standard InChI is InChI=1S/C15H24F2N4O2S/c1-11-6-14(20(2)18-11)21-5-3-4-13(9-21)19-24(22,23)10-12-7-15(16,17)8-12/h6,12-13,19H,3-5,7-10H2,1-2H3. The van der Waals surface area contributed by atoms with E-state index in [1.807, 2.05) is 20.0 Å². The Bertz CT molecular complexity index is 696. The number of anilines is 1. The van der Waals surface area contributed by atoms with Crippen LogP contribution >= 0.6 is 0 Å². The molecule has 6 nitrogen and oxygen atoms in total. The summed E-state index contributed by atoms with van der Waals surface area (Å²) in [5.41, 5.74) is 0.918. The molecule has 1 saturated carbocycles. The zero-order valence-corrected chi connectivity index (χ0v) is 14.8. The molecule has 0 radical (unpaired) electrons. The number of hydrogen-bond donors (Lipinski definition) is 1. The van der Waals surface area contributed by atoms with Crippen LogP contribution in [-0.4, -0.2) is 49.0 Å². The Kier molecular flexibility index (Phi) is 4.59. The number of nitrogens with one attached hydrogen (secondary N) is 1. The van der Waals surface area contributed by atoms with Crippen molar-refractivity contribution in [3.05, 3.63) is 11.8 Å². The van der Waals surface area contributed by atoms with Gasteiger partial charge in [-0.15, -0.1) is 0 Å². The van der Waals surface area contributed by atoms with Gasteiger partial charge in [0.15, 0.2) is 0 Å². The van der Waals surface area contributed by atoms with E-state index in [1.165, 1.54) is 0 Å². The van der Waals surface area contributed by atoms with Crippen LogP contribution in [0.25, 0.3) is 0 Å². The Hall–Kier alpha value is -1.22. The van der Waals surface area contributed by atoms with Crippen molar-refractivity contribution < 1.29 is 17.2 Å². The molecule has 0 bridgehead atoms. The van der Waals surface area contributed by atoms with Crippen LogP contribution in [0, 0.1) is 12.8 Å². The van der Waals surface area contributed by atoms with Crippen LogP contribution < -0.4 is 9.62 Å². The lowest BCUT2D eigenvalue weighted by molar-refractivity contribution is -0.103. The summed E-state index contributed by atoms with van der Waals surface area (Å²) >= 11 is 0. The first-order chi connectivity index (χ1) is 11.1. The highest BCUT2D eigenvalue weighted by Gasteiger charge is 2.46. The van der Waals surface area contributed by atoms with Gasteiger partial charge in [0.1, 0.15) is 5.82 Å². The summed E-state index contributed by atoms with van der Waals surface area (Å²) < 4.78 is 54.7. The van der Waals surface area contributed by atoms with Crippen LogP contribution in [0.15, 0.2) is 6.07 Å². The molecule has 0 spiro atoms. The summed E-state index contributed by atoms with van der Waals surface area (Å²) in [5.74, 6) is -2.35. The van der Waals surface area contributed by atoms with E-state index in [0.29, 0.717) is 6.54 Å². The molecule has 1 aliphatic heterocycles. The second kappa shape index (κ2) is 6.25. The number of sulfonamides is 1. The molecule has 2 heterocycles. The van der Waals surface area contributed by atoms with Gasteiger partial charge in [-0.1, -0.05) is 0 Å². The minimum absolute atomic E-state index is 0.195. The van der Waals surface area contributed by atoms with E-state index in [-0.39, 0.29) is 24.6 Å². The maximum atomic E-state index is 12.9. The molecule has 2 aliphatic rings. The fourth-order valence-corrected chi connectivity index (χ4v) is 5.34. The van der Waals surface area contributed by atoms with Gasteiger partial charge in [0, 0.05) is 45.1 Å². The second-order valence-corrected chi connectivity index (χ2v) is 8.88. The van der Waals surface area contributed by atoms with Crippen LogP contribution in [0.3, 0.4) is 0 Å². The summed E-state index contributed by atoms with van der Waals surface area (Å²) in [7, 11) is -1.67. The van der Waals surface area contributed by atoms with E-state index in [0.717, 1.165) is 30.9 Å². The normalized spacial score (nSPS) is 24.8. The summed E-state index contributed by atoms with van der Waals surface area (Å²) in [6.07, 6.45) is 0.990. The number of piperidine rings is 1. The van der Waals surface area contributed by atoms with Crippen molar-refractivity contribution in [1.82, 2.24) is 14.5 Å². The zero-order chi connectivity index (χ0) is 17.5. The Labute approximate surface area is 141 Å². The van der Waals surface area contributed by atoms with E-state index in [1.54, 1.807) is 4.68 Å². The quantitative estimate of drug-likeness (QED) is 0.865. The number of aromatic nitrogens is 2. The minimum Gasteiger partial charge on any atom is -0.355 e. The molecule has 2 fully saturated rings. The van der Waals surface area contributed by atoms with Gasteiger partial charge in [-0.2, -0.15) is 5.10 Å². The highest BCUT2D eigenvalue weighted by Crippen LogP contribution is 2.42. The van der Waals surface area contributed by atoms with Crippen molar-refractivity contribution in [3.63, 3.8) is 0 Å². The van der Waals surface area contributed by atoms with Gasteiger partial charge in [0.05, 0.1) is 11.4 Å². The molecule has 1 unspecified atom stereocenters. The topological polar surface area (TPSA) is 67.2 Å². The van der Waals surface area contributed by atoms with Gasteiger partial charge < -0.3 is 4.90 Å². The molecule has 1 N–H and O–H groups in total. The van der Waals surface area contributed by atoms with Crippen LogP contribution in [0.4, 0.5) is 14.6 Å². The van der Waals surface area contributed by atoms with Crippen molar-refractivity contribution in [2.24, 2.45) is 13.0 Å². The number of rotatable bonds is 5. The molecular formula is C15H24F2N4O2S. The fraction of sp³-hybridized carbons (Fsp3) is 0.800. The fourth-order valence-electron chi connectivity index (χ4n) is 3.69. The first-order valence-corrected chi connectivity index (χ1v) is 9.92. The van der Waals surface area contributed by atoms with Gasteiger partial charge in [-0.25, -0.2) is 21.9 Å². The SMILES string of the molecule is Cc1cc(N2CCCC(NS(=O)(=O)CC3CC(F)(F)C3)C2)n(C)n1. The monoisotopic (exact) mass is 362 g/mol. The van der Waals surface area contributed by atoms with E-state index >= 15 is 0 Å². The number of halogens is 2. The van der Waals surface area contributed by atoms with Gasteiger partial charge >= 0.3 is 0 Å². The summed E-state index contributed by atoms with van der Waals surface area (Å²) in [4.78, 5) is 2.12. The van der Waals surface area contributed by atoms with Crippen molar-refractivity contribution in [3.8, 4) is 0 Å². The Balaban J connectivity index is 1.58. The molecule has 1 aromatic heterocycles. The predicted molar refractivity (Wildman–Crippen MR) is 87.8 cm³/mol. The summed E-state index contributed by atoms with van der Waals surface area (Å²) in [6.45, 7) is 3.34. The highest BCUT2D eigenvalue weighted by molar-refractivity contribution is 7.89. The maximum Gasteiger partial charge on any atom is 0.248 e. The van der Waals surface area contributed by atoms with E-state index in [2.05, 4.69) is 14.7 Å². The molecule has 136 valence electrons. The molecule has 1 aromatic rings. The lowest BCUT2D eigenvalue weighted by Crippen LogP contribution is -2.50. The van der Waals surface area contributed by atoms with Crippen LogP contribution in [0.5, 0.6) is 0 Å². The van der Waals surface area contributed by atoms with Gasteiger partial charge in [-0.3, -0.25) is 4.68 Å². The number of alkyl halides is 2. The third-order valence-corrected chi connectivity index (χ3v) is 6.30. The second-order valence-electron chi connectivity index (χ2n) is 7.08. The molecule has 1 aliphatic carbocycles. The van der Waals surface area contributed by atoms with Gasteiger partial charge in [-0.05, 0) is 25.7 Å². The molecular weight excluding hydrogens is 338 g/mol. The maximum absolute atomic E-state index is 12.9. The van der Waals surface area contributed by atoms with Gasteiger partial charge in [0.25, 0.3) is 0 Å². The van der Waals surface area contributed by atoms with E-state index in [9.17, 15) is 17.2 Å². The van der Waals surface area contributed by atoms with Gasteiger partial charge in [0.2, 0.25) is 15.9 Å². The zero-order valence-electron chi connectivity index (χ0n) is 14.0. The van der Waals surface area contributed by atoms with E-state index in [4.69, 9.17) is 0 Å². The molecule has 0 aromatic carbocycles. The van der Waals surface area contributed by atoms with Crippen LogP contribution in [0.2, 0.25) is 0 Å². The Morgan fingerprint density at radius 2 is 2.12 bits per heavy atom. The summed E-state index contributed by atoms with van der Waals surface area (Å²) in [6, 6.07) is 1.78. The number of aryl methyl sites for hydroxylation is 2. The average Bonchev–Trinajstić information content (AvgIpc) is 2.75. The largest absolute Gasteiger partial charge is 0.355 e. The first kappa shape index (κ1) is 17.6. The molecule has 24 heavy (non-hydrogen) atoms. The predicted octanol–water partition coefficient (Wildman–Crippen LogP) is 1.66. The third kappa shape index (κ3) is 4.05.